The maximum absolute atomic E-state index is 12.4. The summed E-state index contributed by atoms with van der Waals surface area (Å²) < 4.78 is 5.41. The highest BCUT2D eigenvalue weighted by Gasteiger charge is 2.39. The quantitative estimate of drug-likeness (QED) is 0.872. The van der Waals surface area contributed by atoms with Gasteiger partial charge in [-0.3, -0.25) is 9.59 Å². The Kier molecular flexibility index (Phi) is 5.71. The van der Waals surface area contributed by atoms with Crippen molar-refractivity contribution >= 4 is 23.6 Å². The van der Waals surface area contributed by atoms with E-state index in [1.807, 2.05) is 38.1 Å². The molecule has 0 saturated carbocycles. The van der Waals surface area contributed by atoms with E-state index < -0.39 is 0 Å². The number of hydrogen-bond acceptors (Lipinski definition) is 4. The molecule has 0 aromatic heterocycles. The van der Waals surface area contributed by atoms with Crippen LogP contribution in [0.25, 0.3) is 0 Å². The summed E-state index contributed by atoms with van der Waals surface area (Å²) in [6, 6.07) is 7.71. The Morgan fingerprint density at radius 2 is 2.14 bits per heavy atom. The molecule has 0 bridgehead atoms. The van der Waals surface area contributed by atoms with Crippen LogP contribution in [0.15, 0.2) is 24.3 Å². The Balaban J connectivity index is 2.17. The van der Waals surface area contributed by atoms with Crippen molar-refractivity contribution in [1.29, 1.82) is 0 Å². The van der Waals surface area contributed by atoms with Crippen molar-refractivity contribution in [3.8, 4) is 5.75 Å². The molecule has 0 spiro atoms. The van der Waals surface area contributed by atoms with Crippen LogP contribution in [0.1, 0.15) is 31.2 Å². The predicted octanol–water partition coefficient (Wildman–Crippen LogP) is 2.18. The van der Waals surface area contributed by atoms with Crippen LogP contribution in [0.5, 0.6) is 5.75 Å². The van der Waals surface area contributed by atoms with Crippen LogP contribution in [0.3, 0.4) is 0 Å². The minimum absolute atomic E-state index is 0.0290. The number of rotatable bonds is 6. The Bertz CT molecular complexity index is 550. The SMILES string of the molecule is CCNC(=O)CCN1C(=O)C(C)SC1c1ccccc1OC. The number of amides is 2. The molecule has 0 radical (unpaired) electrons. The first-order valence-corrected chi connectivity index (χ1v) is 8.38. The van der Waals surface area contributed by atoms with Gasteiger partial charge in [-0.2, -0.15) is 0 Å². The number of thioether (sulfide) groups is 1. The van der Waals surface area contributed by atoms with E-state index >= 15 is 0 Å². The van der Waals surface area contributed by atoms with Crippen LogP contribution in [0, 0.1) is 0 Å². The fourth-order valence-electron chi connectivity index (χ4n) is 2.52. The van der Waals surface area contributed by atoms with Crippen LogP contribution in [0.2, 0.25) is 0 Å². The molecule has 1 aromatic rings. The molecule has 2 amide bonds. The number of nitrogens with zero attached hydrogens (tertiary/aromatic N) is 1. The first kappa shape index (κ1) is 16.7. The minimum Gasteiger partial charge on any atom is -0.496 e. The number of para-hydroxylation sites is 1. The molecular formula is C16H22N2O3S. The van der Waals surface area contributed by atoms with Crippen LogP contribution >= 0.6 is 11.8 Å². The predicted molar refractivity (Wildman–Crippen MR) is 87.8 cm³/mol. The molecule has 22 heavy (non-hydrogen) atoms. The highest BCUT2D eigenvalue weighted by Crippen LogP contribution is 2.45. The van der Waals surface area contributed by atoms with Crippen LogP contribution < -0.4 is 10.1 Å². The summed E-state index contributed by atoms with van der Waals surface area (Å²) in [5.74, 6) is 0.814. The second kappa shape index (κ2) is 7.54. The number of carbonyl (C=O) groups excluding carboxylic acids is 2. The third-order valence-electron chi connectivity index (χ3n) is 3.61. The summed E-state index contributed by atoms with van der Waals surface area (Å²) in [4.78, 5) is 25.8. The number of benzene rings is 1. The number of nitrogens with one attached hydrogen (secondary N) is 1. The van der Waals surface area contributed by atoms with Gasteiger partial charge in [0.05, 0.1) is 12.4 Å². The summed E-state index contributed by atoms with van der Waals surface area (Å²) in [7, 11) is 1.63. The topological polar surface area (TPSA) is 58.6 Å². The van der Waals surface area contributed by atoms with E-state index in [1.54, 1.807) is 23.8 Å². The highest BCUT2D eigenvalue weighted by molar-refractivity contribution is 8.01. The Morgan fingerprint density at radius 1 is 1.41 bits per heavy atom. The average Bonchev–Trinajstić information content (AvgIpc) is 2.80. The van der Waals surface area contributed by atoms with Crippen LogP contribution in [-0.4, -0.2) is 42.2 Å². The van der Waals surface area contributed by atoms with Crippen LogP contribution in [0.4, 0.5) is 0 Å². The van der Waals surface area contributed by atoms with Crippen molar-refractivity contribution in [2.75, 3.05) is 20.2 Å². The van der Waals surface area contributed by atoms with Gasteiger partial charge in [0.1, 0.15) is 11.1 Å². The molecule has 1 heterocycles. The molecule has 1 saturated heterocycles. The first-order chi connectivity index (χ1) is 10.6. The zero-order valence-electron chi connectivity index (χ0n) is 13.2. The number of ether oxygens (including phenoxy) is 1. The smallest absolute Gasteiger partial charge is 0.236 e. The lowest BCUT2D eigenvalue weighted by Gasteiger charge is -2.25. The van der Waals surface area contributed by atoms with E-state index in [4.69, 9.17) is 4.74 Å². The lowest BCUT2D eigenvalue weighted by atomic mass is 10.1. The summed E-state index contributed by atoms with van der Waals surface area (Å²) in [5, 5.41) is 2.55. The molecule has 2 unspecified atom stereocenters. The van der Waals surface area contributed by atoms with Gasteiger partial charge in [-0.05, 0) is 19.9 Å². The van der Waals surface area contributed by atoms with Crippen molar-refractivity contribution in [2.24, 2.45) is 0 Å². The van der Waals surface area contributed by atoms with E-state index in [9.17, 15) is 9.59 Å². The van der Waals surface area contributed by atoms with Crippen molar-refractivity contribution < 1.29 is 14.3 Å². The van der Waals surface area contributed by atoms with Gasteiger partial charge in [-0.1, -0.05) is 18.2 Å². The lowest BCUT2D eigenvalue weighted by Crippen LogP contribution is -2.34. The minimum atomic E-state index is -0.107. The van der Waals surface area contributed by atoms with Gasteiger partial charge in [-0.25, -0.2) is 0 Å². The van der Waals surface area contributed by atoms with Gasteiger partial charge in [0.15, 0.2) is 0 Å². The third kappa shape index (κ3) is 3.55. The summed E-state index contributed by atoms with van der Waals surface area (Å²) in [5.41, 5.74) is 0.976. The van der Waals surface area contributed by atoms with E-state index in [0.29, 0.717) is 19.5 Å². The molecule has 1 fully saturated rings. The molecule has 1 aromatic carbocycles. The second-order valence-corrected chi connectivity index (χ2v) is 6.53. The standard InChI is InChI=1S/C16H22N2O3S/c1-4-17-14(19)9-10-18-15(20)11(2)22-16(18)12-7-5-6-8-13(12)21-3/h5-8,11,16H,4,9-10H2,1-3H3,(H,17,19). The third-order valence-corrected chi connectivity index (χ3v) is 4.98. The monoisotopic (exact) mass is 322 g/mol. The van der Waals surface area contributed by atoms with Gasteiger partial charge in [0.25, 0.3) is 0 Å². The molecular weight excluding hydrogens is 300 g/mol. The Morgan fingerprint density at radius 3 is 2.82 bits per heavy atom. The molecule has 1 aliphatic rings. The van der Waals surface area contributed by atoms with E-state index in [-0.39, 0.29) is 22.4 Å². The van der Waals surface area contributed by atoms with Crippen molar-refractivity contribution in [2.45, 2.75) is 30.9 Å². The fourth-order valence-corrected chi connectivity index (χ4v) is 3.86. The molecule has 120 valence electrons. The zero-order chi connectivity index (χ0) is 16.1. The van der Waals surface area contributed by atoms with E-state index in [1.165, 1.54) is 0 Å². The van der Waals surface area contributed by atoms with E-state index in [0.717, 1.165) is 11.3 Å². The highest BCUT2D eigenvalue weighted by atomic mass is 32.2. The number of carbonyl (C=O) groups is 2. The summed E-state index contributed by atoms with van der Waals surface area (Å²) in [6.45, 7) is 4.81. The van der Waals surface area contributed by atoms with Gasteiger partial charge in [0, 0.05) is 25.1 Å². The molecule has 2 atom stereocenters. The molecule has 0 aliphatic carbocycles. The maximum atomic E-state index is 12.4. The molecule has 1 N–H and O–H groups in total. The lowest BCUT2D eigenvalue weighted by molar-refractivity contribution is -0.130. The maximum Gasteiger partial charge on any atom is 0.236 e. The molecule has 1 aliphatic heterocycles. The molecule has 5 nitrogen and oxygen atoms in total. The largest absolute Gasteiger partial charge is 0.496 e. The van der Waals surface area contributed by atoms with Gasteiger partial charge < -0.3 is 15.0 Å². The normalized spacial score (nSPS) is 21.0. The van der Waals surface area contributed by atoms with Crippen molar-refractivity contribution in [1.82, 2.24) is 10.2 Å². The Hall–Kier alpha value is -1.69. The van der Waals surface area contributed by atoms with Crippen molar-refractivity contribution in [3.05, 3.63) is 29.8 Å². The summed E-state index contributed by atoms with van der Waals surface area (Å²) in [6.07, 6.45) is 0.318. The second-order valence-electron chi connectivity index (χ2n) is 5.11. The van der Waals surface area contributed by atoms with Gasteiger partial charge in [-0.15, -0.1) is 11.8 Å². The molecule has 6 heteroatoms. The summed E-state index contributed by atoms with van der Waals surface area (Å²) >= 11 is 1.59. The van der Waals surface area contributed by atoms with E-state index in [2.05, 4.69) is 5.32 Å². The number of hydrogen-bond donors (Lipinski definition) is 1. The van der Waals surface area contributed by atoms with Gasteiger partial charge >= 0.3 is 0 Å². The number of methoxy groups -OCH3 is 1. The first-order valence-electron chi connectivity index (χ1n) is 7.44. The fraction of sp³-hybridized carbons (Fsp3) is 0.500. The zero-order valence-corrected chi connectivity index (χ0v) is 14.0. The molecule has 2 rings (SSSR count). The van der Waals surface area contributed by atoms with Gasteiger partial charge in [0.2, 0.25) is 11.8 Å². The average molecular weight is 322 g/mol. The Labute approximate surface area is 135 Å². The van der Waals surface area contributed by atoms with Crippen molar-refractivity contribution in [3.63, 3.8) is 0 Å². The van der Waals surface area contributed by atoms with Crippen LogP contribution in [-0.2, 0) is 9.59 Å².